The summed E-state index contributed by atoms with van der Waals surface area (Å²) in [5, 5.41) is 36.9. The van der Waals surface area contributed by atoms with E-state index in [0.29, 0.717) is 25.2 Å². The quantitative estimate of drug-likeness (QED) is 0.469. The molecule has 1 unspecified atom stereocenters. The first-order chi connectivity index (χ1) is 7.56. The highest BCUT2D eigenvalue weighted by atomic mass is 16.3. The van der Waals surface area contributed by atoms with Crippen molar-refractivity contribution >= 4 is 0 Å². The van der Waals surface area contributed by atoms with Crippen LogP contribution in [0, 0.1) is 11.8 Å². The van der Waals surface area contributed by atoms with Gasteiger partial charge in [-0.1, -0.05) is 13.3 Å². The molecule has 0 aliphatic carbocycles. The summed E-state index contributed by atoms with van der Waals surface area (Å²) in [6.45, 7) is 3.82. The maximum absolute atomic E-state index is 9.64. The van der Waals surface area contributed by atoms with Crippen molar-refractivity contribution < 1.29 is 20.4 Å². The Bertz CT molecular complexity index is 161. The van der Waals surface area contributed by atoms with Crippen LogP contribution in [0.2, 0.25) is 0 Å². The molecular weight excluding hydrogens is 208 g/mol. The molecule has 4 atom stereocenters. The SMILES string of the molecule is CCC(CCO)[C@@H](CCO)C[C@H](O)[C@@H](C)O. The molecule has 0 rings (SSSR count). The fourth-order valence-corrected chi connectivity index (χ4v) is 2.16. The average molecular weight is 234 g/mol. The molecule has 0 saturated heterocycles. The van der Waals surface area contributed by atoms with E-state index in [2.05, 4.69) is 0 Å². The minimum absolute atomic E-state index is 0.0825. The first-order valence-corrected chi connectivity index (χ1v) is 6.14. The van der Waals surface area contributed by atoms with Gasteiger partial charge < -0.3 is 20.4 Å². The number of hydrogen-bond donors (Lipinski definition) is 4. The van der Waals surface area contributed by atoms with Gasteiger partial charge in [0.2, 0.25) is 0 Å². The van der Waals surface area contributed by atoms with Crippen LogP contribution in [-0.2, 0) is 0 Å². The lowest BCUT2D eigenvalue weighted by molar-refractivity contribution is 0.00438. The summed E-state index contributed by atoms with van der Waals surface area (Å²) in [7, 11) is 0. The van der Waals surface area contributed by atoms with Crippen LogP contribution in [0.15, 0.2) is 0 Å². The molecule has 0 aromatic rings. The molecule has 0 aliphatic heterocycles. The monoisotopic (exact) mass is 234 g/mol. The molecule has 16 heavy (non-hydrogen) atoms. The molecule has 4 heteroatoms. The van der Waals surface area contributed by atoms with Crippen molar-refractivity contribution in [3.63, 3.8) is 0 Å². The van der Waals surface area contributed by atoms with Gasteiger partial charge in [0.15, 0.2) is 0 Å². The lowest BCUT2D eigenvalue weighted by Crippen LogP contribution is -2.29. The Hall–Kier alpha value is -0.160. The third kappa shape index (κ3) is 5.80. The number of aliphatic hydroxyl groups excluding tert-OH is 4. The van der Waals surface area contributed by atoms with E-state index in [1.54, 1.807) is 6.92 Å². The highest BCUT2D eigenvalue weighted by molar-refractivity contribution is 4.75. The van der Waals surface area contributed by atoms with Crippen LogP contribution in [0.3, 0.4) is 0 Å². The van der Waals surface area contributed by atoms with Crippen LogP contribution in [0.25, 0.3) is 0 Å². The Balaban J connectivity index is 4.32. The molecule has 0 spiro atoms. The van der Waals surface area contributed by atoms with Gasteiger partial charge in [-0.2, -0.15) is 0 Å². The topological polar surface area (TPSA) is 80.9 Å². The predicted molar refractivity (Wildman–Crippen MR) is 63.0 cm³/mol. The second kappa shape index (κ2) is 8.93. The molecule has 0 bridgehead atoms. The molecule has 0 saturated carbocycles. The zero-order chi connectivity index (χ0) is 12.6. The molecule has 0 aromatic heterocycles. The summed E-state index contributed by atoms with van der Waals surface area (Å²) in [6, 6.07) is 0. The lowest BCUT2D eigenvalue weighted by Gasteiger charge is -2.28. The minimum Gasteiger partial charge on any atom is -0.396 e. The molecule has 0 fully saturated rings. The summed E-state index contributed by atoms with van der Waals surface area (Å²) >= 11 is 0. The minimum atomic E-state index is -0.746. The van der Waals surface area contributed by atoms with Crippen LogP contribution in [0.1, 0.15) is 39.5 Å². The van der Waals surface area contributed by atoms with Crippen molar-refractivity contribution in [2.75, 3.05) is 13.2 Å². The largest absolute Gasteiger partial charge is 0.396 e. The van der Waals surface area contributed by atoms with E-state index in [1.807, 2.05) is 6.92 Å². The summed E-state index contributed by atoms with van der Waals surface area (Å²) in [5.41, 5.74) is 0. The number of hydrogen-bond acceptors (Lipinski definition) is 4. The highest BCUT2D eigenvalue weighted by Gasteiger charge is 2.24. The van der Waals surface area contributed by atoms with Gasteiger partial charge in [0.25, 0.3) is 0 Å². The summed E-state index contributed by atoms with van der Waals surface area (Å²) in [4.78, 5) is 0. The molecule has 0 aromatic carbocycles. The van der Waals surface area contributed by atoms with E-state index >= 15 is 0 Å². The standard InChI is InChI=1S/C12H26O4/c1-3-10(4-6-13)11(5-7-14)8-12(16)9(2)15/h9-16H,3-8H2,1-2H3/t9-,10?,11+,12+/m1/s1. The van der Waals surface area contributed by atoms with E-state index in [4.69, 9.17) is 10.2 Å². The molecule has 98 valence electrons. The van der Waals surface area contributed by atoms with E-state index in [-0.39, 0.29) is 19.1 Å². The van der Waals surface area contributed by atoms with Crippen molar-refractivity contribution in [1.82, 2.24) is 0 Å². The predicted octanol–water partition coefficient (Wildman–Crippen LogP) is 0.525. The Morgan fingerprint density at radius 3 is 1.81 bits per heavy atom. The summed E-state index contributed by atoms with van der Waals surface area (Å²) in [6.07, 6.45) is 1.21. The van der Waals surface area contributed by atoms with E-state index in [0.717, 1.165) is 6.42 Å². The Labute approximate surface area is 97.9 Å². The van der Waals surface area contributed by atoms with Crippen LogP contribution < -0.4 is 0 Å². The molecule has 0 heterocycles. The highest BCUT2D eigenvalue weighted by Crippen LogP contribution is 2.27. The fraction of sp³-hybridized carbons (Fsp3) is 1.00. The van der Waals surface area contributed by atoms with Gasteiger partial charge in [0.05, 0.1) is 12.2 Å². The molecular formula is C12H26O4. The number of aliphatic hydroxyl groups is 4. The lowest BCUT2D eigenvalue weighted by atomic mass is 9.81. The van der Waals surface area contributed by atoms with E-state index < -0.39 is 12.2 Å². The van der Waals surface area contributed by atoms with Gasteiger partial charge in [0, 0.05) is 13.2 Å². The van der Waals surface area contributed by atoms with Crippen LogP contribution >= 0.6 is 0 Å². The average Bonchev–Trinajstić information content (AvgIpc) is 2.25. The normalized spacial score (nSPS) is 19.1. The Morgan fingerprint density at radius 2 is 1.44 bits per heavy atom. The first-order valence-electron chi connectivity index (χ1n) is 6.14. The maximum Gasteiger partial charge on any atom is 0.0799 e. The van der Waals surface area contributed by atoms with Crippen LogP contribution in [0.5, 0.6) is 0 Å². The Morgan fingerprint density at radius 1 is 0.938 bits per heavy atom. The summed E-state index contributed by atoms with van der Waals surface area (Å²) in [5.74, 6) is 0.456. The fourth-order valence-electron chi connectivity index (χ4n) is 2.16. The molecule has 4 N–H and O–H groups in total. The second-order valence-corrected chi connectivity index (χ2v) is 4.50. The third-order valence-corrected chi connectivity index (χ3v) is 3.29. The van der Waals surface area contributed by atoms with Crippen molar-refractivity contribution in [2.45, 2.75) is 51.7 Å². The Kier molecular flexibility index (Phi) is 8.84. The zero-order valence-electron chi connectivity index (χ0n) is 10.3. The molecule has 0 aliphatic rings. The number of rotatable bonds is 9. The van der Waals surface area contributed by atoms with Crippen molar-refractivity contribution in [2.24, 2.45) is 11.8 Å². The maximum atomic E-state index is 9.64. The summed E-state index contributed by atoms with van der Waals surface area (Å²) < 4.78 is 0. The third-order valence-electron chi connectivity index (χ3n) is 3.29. The van der Waals surface area contributed by atoms with Crippen LogP contribution in [0.4, 0.5) is 0 Å². The van der Waals surface area contributed by atoms with Crippen LogP contribution in [-0.4, -0.2) is 45.8 Å². The van der Waals surface area contributed by atoms with Crippen molar-refractivity contribution in [3.8, 4) is 0 Å². The van der Waals surface area contributed by atoms with E-state index in [1.165, 1.54) is 0 Å². The van der Waals surface area contributed by atoms with Crippen molar-refractivity contribution in [3.05, 3.63) is 0 Å². The first kappa shape index (κ1) is 15.8. The molecule has 0 radical (unpaired) electrons. The smallest absolute Gasteiger partial charge is 0.0799 e. The van der Waals surface area contributed by atoms with Crippen molar-refractivity contribution in [1.29, 1.82) is 0 Å². The van der Waals surface area contributed by atoms with Gasteiger partial charge in [-0.05, 0) is 38.0 Å². The second-order valence-electron chi connectivity index (χ2n) is 4.50. The van der Waals surface area contributed by atoms with Gasteiger partial charge in [0.1, 0.15) is 0 Å². The van der Waals surface area contributed by atoms with Gasteiger partial charge >= 0.3 is 0 Å². The van der Waals surface area contributed by atoms with Gasteiger partial charge in [-0.25, -0.2) is 0 Å². The van der Waals surface area contributed by atoms with Gasteiger partial charge in [-0.15, -0.1) is 0 Å². The van der Waals surface area contributed by atoms with Gasteiger partial charge in [-0.3, -0.25) is 0 Å². The van der Waals surface area contributed by atoms with E-state index in [9.17, 15) is 10.2 Å². The molecule has 4 nitrogen and oxygen atoms in total. The zero-order valence-corrected chi connectivity index (χ0v) is 10.3. The molecule has 0 amide bonds.